The number of hydrogen-bond acceptors (Lipinski definition) is 9. The van der Waals surface area contributed by atoms with Crippen LogP contribution >= 0.6 is 11.3 Å². The van der Waals surface area contributed by atoms with Crippen LogP contribution in [0.5, 0.6) is 0 Å². The first kappa shape index (κ1) is 21.0. The second-order valence-electron chi connectivity index (χ2n) is 8.51. The van der Waals surface area contributed by atoms with E-state index < -0.39 is 5.97 Å². The maximum absolute atomic E-state index is 12.0. The number of methoxy groups -OCH3 is 1. The highest BCUT2D eigenvalue weighted by Crippen LogP contribution is 2.33. The summed E-state index contributed by atoms with van der Waals surface area (Å²) in [7, 11) is 1.37. The number of hydrogen-bond donors (Lipinski definition) is 1. The van der Waals surface area contributed by atoms with Gasteiger partial charge in [0, 0.05) is 30.0 Å². The molecular formula is C25H23N5O3S. The number of carbonyl (C=O) groups excluding carboxylic acids is 1. The zero-order valence-electron chi connectivity index (χ0n) is 18.6. The Balaban J connectivity index is 1.33. The Morgan fingerprint density at radius 2 is 1.94 bits per heavy atom. The molecule has 0 radical (unpaired) electrons. The third kappa shape index (κ3) is 3.97. The van der Waals surface area contributed by atoms with Crippen molar-refractivity contribution in [1.82, 2.24) is 15.0 Å². The molecule has 0 unspecified atom stereocenters. The second kappa shape index (κ2) is 8.66. The van der Waals surface area contributed by atoms with Crippen molar-refractivity contribution in [3.05, 3.63) is 59.6 Å². The molecule has 0 amide bonds. The van der Waals surface area contributed by atoms with Crippen LogP contribution in [-0.2, 0) is 9.47 Å². The lowest BCUT2D eigenvalue weighted by atomic mass is 10.1. The number of morpholine rings is 1. The van der Waals surface area contributed by atoms with E-state index in [4.69, 9.17) is 14.5 Å². The van der Waals surface area contributed by atoms with Gasteiger partial charge in [0.25, 0.3) is 0 Å². The molecule has 2 aliphatic rings. The average Bonchev–Trinajstić information content (AvgIpc) is 3.49. The minimum Gasteiger partial charge on any atom is -0.465 e. The number of nitrogens with zero attached hydrogens (tertiary/aromatic N) is 4. The number of ether oxygens (including phenoxy) is 2. The third-order valence-electron chi connectivity index (χ3n) is 6.26. The molecule has 1 N–H and O–H groups in total. The Bertz CT molecular complexity index is 1360. The van der Waals surface area contributed by atoms with E-state index in [1.807, 2.05) is 12.1 Å². The molecule has 2 bridgehead atoms. The fourth-order valence-corrected chi connectivity index (χ4v) is 5.28. The smallest absolute Gasteiger partial charge is 0.337 e. The van der Waals surface area contributed by atoms with Crippen LogP contribution in [0, 0.1) is 0 Å². The van der Waals surface area contributed by atoms with Gasteiger partial charge in [0.1, 0.15) is 10.3 Å². The summed E-state index contributed by atoms with van der Waals surface area (Å²) in [6.45, 7) is 1.84. The highest BCUT2D eigenvalue weighted by atomic mass is 32.1. The molecule has 0 saturated carbocycles. The molecule has 172 valence electrons. The van der Waals surface area contributed by atoms with E-state index in [1.54, 1.807) is 23.7 Å². The number of aromatic nitrogens is 3. The number of carbonyl (C=O) groups is 1. The summed E-state index contributed by atoms with van der Waals surface area (Å²) in [6.07, 6.45) is 2.94. The van der Waals surface area contributed by atoms with Crippen molar-refractivity contribution in [3.63, 3.8) is 0 Å². The van der Waals surface area contributed by atoms with E-state index in [9.17, 15) is 4.79 Å². The molecule has 4 heterocycles. The maximum atomic E-state index is 12.0. The lowest BCUT2D eigenvalue weighted by Crippen LogP contribution is -2.42. The molecule has 2 aliphatic heterocycles. The lowest BCUT2D eigenvalue weighted by molar-refractivity contribution is 0.0305. The summed E-state index contributed by atoms with van der Waals surface area (Å²) in [5.74, 6) is 0.752. The summed E-state index contributed by atoms with van der Waals surface area (Å²) in [6, 6.07) is 15.5. The molecule has 0 aliphatic carbocycles. The normalized spacial score (nSPS) is 19.4. The van der Waals surface area contributed by atoms with Gasteiger partial charge < -0.3 is 19.7 Å². The molecule has 9 heteroatoms. The van der Waals surface area contributed by atoms with E-state index in [0.717, 1.165) is 42.0 Å². The van der Waals surface area contributed by atoms with Crippen molar-refractivity contribution in [2.75, 3.05) is 30.4 Å². The zero-order chi connectivity index (χ0) is 23.1. The first-order valence-electron chi connectivity index (χ1n) is 11.2. The van der Waals surface area contributed by atoms with Gasteiger partial charge in [0.2, 0.25) is 0 Å². The van der Waals surface area contributed by atoms with Crippen molar-refractivity contribution in [2.45, 2.75) is 25.0 Å². The van der Waals surface area contributed by atoms with Crippen LogP contribution in [0.1, 0.15) is 23.2 Å². The minimum atomic E-state index is -0.396. The summed E-state index contributed by atoms with van der Waals surface area (Å²) < 4.78 is 10.8. The van der Waals surface area contributed by atoms with Gasteiger partial charge in [-0.15, -0.1) is 11.3 Å². The predicted molar refractivity (Wildman–Crippen MR) is 132 cm³/mol. The van der Waals surface area contributed by atoms with Crippen LogP contribution in [0.3, 0.4) is 0 Å². The summed E-state index contributed by atoms with van der Waals surface area (Å²) in [5.41, 5.74) is 5.76. The number of esters is 1. The maximum Gasteiger partial charge on any atom is 0.337 e. The highest BCUT2D eigenvalue weighted by Gasteiger charge is 2.33. The average molecular weight is 474 g/mol. The third-order valence-corrected chi connectivity index (χ3v) is 6.98. The number of rotatable bonds is 5. The van der Waals surface area contributed by atoms with E-state index in [2.05, 4.69) is 38.4 Å². The van der Waals surface area contributed by atoms with E-state index >= 15 is 0 Å². The van der Waals surface area contributed by atoms with Crippen LogP contribution in [0.15, 0.2) is 54.0 Å². The summed E-state index contributed by atoms with van der Waals surface area (Å²) in [5, 5.41) is 3.45. The fraction of sp³-hybridized carbons (Fsp3) is 0.280. The number of nitrogens with one attached hydrogen (secondary N) is 1. The van der Waals surface area contributed by atoms with Gasteiger partial charge >= 0.3 is 5.97 Å². The van der Waals surface area contributed by atoms with Gasteiger partial charge in [0.15, 0.2) is 11.6 Å². The molecule has 8 nitrogen and oxygen atoms in total. The lowest BCUT2D eigenvalue weighted by Gasteiger charge is -2.34. The molecule has 0 spiro atoms. The van der Waals surface area contributed by atoms with Crippen molar-refractivity contribution in [2.24, 2.45) is 0 Å². The van der Waals surface area contributed by atoms with Crippen LogP contribution in [-0.4, -0.2) is 53.3 Å². The molecular weight excluding hydrogens is 450 g/mol. The number of fused-ring (bicyclic) bond motifs is 3. The SMILES string of the molecule is COC(=O)c1cccc(-c2nc(Nc3cccc(N4C[C@H]5CC[C@@H](C4)O5)c3)c3ncsc3n2)c1. The Labute approximate surface area is 200 Å². The van der Waals surface area contributed by atoms with Crippen molar-refractivity contribution < 1.29 is 14.3 Å². The summed E-state index contributed by atoms with van der Waals surface area (Å²) >= 11 is 1.45. The zero-order valence-corrected chi connectivity index (χ0v) is 19.4. The van der Waals surface area contributed by atoms with Crippen LogP contribution in [0.4, 0.5) is 17.2 Å². The number of thiazole rings is 1. The molecule has 4 aromatic rings. The van der Waals surface area contributed by atoms with Gasteiger partial charge in [-0.3, -0.25) is 0 Å². The predicted octanol–water partition coefficient (Wildman–Crippen LogP) is 4.65. The topological polar surface area (TPSA) is 89.5 Å². The largest absolute Gasteiger partial charge is 0.465 e. The fourth-order valence-electron chi connectivity index (χ4n) is 4.62. The Morgan fingerprint density at radius 3 is 2.76 bits per heavy atom. The van der Waals surface area contributed by atoms with Gasteiger partial charge in [0.05, 0.1) is 30.4 Å². The molecule has 2 aromatic heterocycles. The Hall–Kier alpha value is -3.56. The first-order chi connectivity index (χ1) is 16.7. The van der Waals surface area contributed by atoms with Crippen LogP contribution < -0.4 is 10.2 Å². The molecule has 2 aromatic carbocycles. The van der Waals surface area contributed by atoms with Crippen LogP contribution in [0.25, 0.3) is 21.7 Å². The standard InChI is InChI=1S/C25H23N5O3S/c1-32-25(31)16-5-2-4-15(10-16)22-28-23(21-24(29-22)34-14-26-21)27-17-6-3-7-18(11-17)30-12-19-8-9-20(13-30)33-19/h2-7,10-11,14,19-20H,8-9,12-13H2,1H3,(H,27,28,29)/t19-,20+. The monoisotopic (exact) mass is 473 g/mol. The minimum absolute atomic E-state index is 0.329. The molecule has 2 atom stereocenters. The van der Waals surface area contributed by atoms with Crippen LogP contribution in [0.2, 0.25) is 0 Å². The number of benzene rings is 2. The van der Waals surface area contributed by atoms with E-state index in [0.29, 0.717) is 34.9 Å². The van der Waals surface area contributed by atoms with E-state index in [-0.39, 0.29) is 0 Å². The summed E-state index contributed by atoms with van der Waals surface area (Å²) in [4.78, 5) is 29.1. The highest BCUT2D eigenvalue weighted by molar-refractivity contribution is 7.16. The van der Waals surface area contributed by atoms with Crippen molar-refractivity contribution in [1.29, 1.82) is 0 Å². The Morgan fingerprint density at radius 1 is 1.12 bits per heavy atom. The Kier molecular flexibility index (Phi) is 5.35. The molecule has 34 heavy (non-hydrogen) atoms. The molecule has 2 fully saturated rings. The van der Waals surface area contributed by atoms with Gasteiger partial charge in [-0.05, 0) is 43.2 Å². The molecule has 6 rings (SSSR count). The van der Waals surface area contributed by atoms with Gasteiger partial charge in [-0.25, -0.2) is 19.7 Å². The van der Waals surface area contributed by atoms with Gasteiger partial charge in [-0.1, -0.05) is 18.2 Å². The number of anilines is 3. The van der Waals surface area contributed by atoms with Crippen molar-refractivity contribution >= 4 is 44.8 Å². The second-order valence-corrected chi connectivity index (χ2v) is 9.35. The van der Waals surface area contributed by atoms with E-state index in [1.165, 1.54) is 24.1 Å². The quantitative estimate of drug-likeness (QED) is 0.419. The van der Waals surface area contributed by atoms with Gasteiger partial charge in [-0.2, -0.15) is 0 Å². The van der Waals surface area contributed by atoms with Crippen molar-refractivity contribution in [3.8, 4) is 11.4 Å². The molecule has 2 saturated heterocycles. The first-order valence-corrected chi connectivity index (χ1v) is 12.1.